The maximum Gasteiger partial charge on any atom is 0.472 e. The van der Waals surface area contributed by atoms with E-state index in [9.17, 15) is 43.2 Å². The molecular weight excluding hydrogens is 1330 g/mol. The number of aliphatic hydroxyl groups excluding tert-OH is 1. The van der Waals surface area contributed by atoms with Gasteiger partial charge in [-0.1, -0.05) is 376 Å². The van der Waals surface area contributed by atoms with Crippen LogP contribution < -0.4 is 0 Å². The molecule has 6 unspecified atom stereocenters. The molecule has 0 aromatic rings. The third kappa shape index (κ3) is 71.0. The number of unbranched alkanes of at least 4 members (excludes halogenated alkanes) is 42. The molecule has 0 saturated heterocycles. The van der Waals surface area contributed by atoms with Gasteiger partial charge in [0.25, 0.3) is 0 Å². The number of aliphatic hydroxyl groups is 1. The molecule has 606 valence electrons. The quantitative estimate of drug-likeness (QED) is 0.0222. The minimum absolute atomic E-state index is 0.106. The molecule has 19 heteroatoms. The van der Waals surface area contributed by atoms with Gasteiger partial charge in [-0.2, -0.15) is 0 Å². The summed E-state index contributed by atoms with van der Waals surface area (Å²) in [5.74, 6) is 1.17. The summed E-state index contributed by atoms with van der Waals surface area (Å²) in [5, 5.41) is 10.7. The van der Waals surface area contributed by atoms with Crippen molar-refractivity contribution in [3.05, 3.63) is 0 Å². The Kier molecular flexibility index (Phi) is 70.6. The maximum atomic E-state index is 13.1. The fourth-order valence-electron chi connectivity index (χ4n) is 12.7. The molecule has 0 spiro atoms. The fourth-order valence-corrected chi connectivity index (χ4v) is 14.2. The second kappa shape index (κ2) is 72.0. The van der Waals surface area contributed by atoms with Gasteiger partial charge in [0.1, 0.15) is 19.3 Å². The molecule has 0 fully saturated rings. The van der Waals surface area contributed by atoms with Crippen LogP contribution in [0.4, 0.5) is 0 Å². The molecule has 0 aromatic heterocycles. The van der Waals surface area contributed by atoms with Gasteiger partial charge in [-0.05, 0) is 49.4 Å². The van der Waals surface area contributed by atoms with Crippen LogP contribution in [0.2, 0.25) is 0 Å². The zero-order valence-corrected chi connectivity index (χ0v) is 69.0. The van der Waals surface area contributed by atoms with Gasteiger partial charge in [0.15, 0.2) is 12.2 Å². The van der Waals surface area contributed by atoms with Crippen molar-refractivity contribution in [2.24, 2.45) is 23.7 Å². The van der Waals surface area contributed by atoms with E-state index in [1.165, 1.54) is 231 Å². The molecule has 0 rings (SSSR count). The number of rotatable bonds is 80. The second-order valence-corrected chi connectivity index (χ2v) is 33.7. The van der Waals surface area contributed by atoms with Crippen LogP contribution in [0.5, 0.6) is 0 Å². The van der Waals surface area contributed by atoms with Crippen molar-refractivity contribution in [2.75, 3.05) is 39.6 Å². The third-order valence-corrected chi connectivity index (χ3v) is 22.7. The van der Waals surface area contributed by atoms with E-state index in [2.05, 4.69) is 55.4 Å². The molecule has 17 nitrogen and oxygen atoms in total. The number of esters is 4. The Morgan fingerprint density at radius 1 is 0.265 bits per heavy atom. The second-order valence-electron chi connectivity index (χ2n) is 30.8. The van der Waals surface area contributed by atoms with Crippen molar-refractivity contribution in [2.45, 2.75) is 446 Å². The number of carbonyl (C=O) groups excluding carboxylic acids is 4. The number of phosphoric acid groups is 2. The van der Waals surface area contributed by atoms with E-state index >= 15 is 0 Å². The minimum atomic E-state index is -4.97. The van der Waals surface area contributed by atoms with Crippen molar-refractivity contribution in [3.63, 3.8) is 0 Å². The molecule has 0 amide bonds. The van der Waals surface area contributed by atoms with Crippen LogP contribution in [0.1, 0.15) is 428 Å². The van der Waals surface area contributed by atoms with Gasteiger partial charge in [0.2, 0.25) is 0 Å². The van der Waals surface area contributed by atoms with E-state index in [1.807, 2.05) is 0 Å². The molecule has 0 aliphatic heterocycles. The Morgan fingerprint density at radius 3 is 0.647 bits per heavy atom. The Bertz CT molecular complexity index is 2000. The summed E-state index contributed by atoms with van der Waals surface area (Å²) in [5.41, 5.74) is 0. The van der Waals surface area contributed by atoms with E-state index in [4.69, 9.17) is 37.0 Å². The number of carbonyl (C=O) groups is 4. The molecule has 0 aromatic carbocycles. The summed E-state index contributed by atoms with van der Waals surface area (Å²) >= 11 is 0. The molecule has 0 radical (unpaired) electrons. The highest BCUT2D eigenvalue weighted by Gasteiger charge is 2.30. The van der Waals surface area contributed by atoms with Gasteiger partial charge in [0.05, 0.1) is 26.4 Å². The number of hydrogen-bond donors (Lipinski definition) is 3. The molecule has 0 heterocycles. The van der Waals surface area contributed by atoms with Crippen LogP contribution in [0.25, 0.3) is 0 Å². The van der Waals surface area contributed by atoms with Crippen LogP contribution in [0, 0.1) is 23.7 Å². The lowest BCUT2D eigenvalue weighted by Gasteiger charge is -2.21. The first-order valence-electron chi connectivity index (χ1n) is 42.9. The smallest absolute Gasteiger partial charge is 0.462 e. The van der Waals surface area contributed by atoms with Crippen LogP contribution >= 0.6 is 15.6 Å². The highest BCUT2D eigenvalue weighted by molar-refractivity contribution is 7.47. The molecule has 0 aliphatic rings. The first kappa shape index (κ1) is 100. The average Bonchev–Trinajstić information content (AvgIpc) is 0.913. The van der Waals surface area contributed by atoms with Gasteiger partial charge < -0.3 is 33.8 Å². The Hall–Kier alpha value is -1.94. The molecule has 0 bridgehead atoms. The summed E-state index contributed by atoms with van der Waals surface area (Å²) in [7, 11) is -9.93. The first-order chi connectivity index (χ1) is 49.2. The minimum Gasteiger partial charge on any atom is -0.462 e. The summed E-state index contributed by atoms with van der Waals surface area (Å²) in [4.78, 5) is 73.2. The average molecular weight is 1490 g/mol. The van der Waals surface area contributed by atoms with Gasteiger partial charge >= 0.3 is 39.5 Å². The van der Waals surface area contributed by atoms with E-state index in [0.29, 0.717) is 25.7 Å². The number of phosphoric ester groups is 2. The summed E-state index contributed by atoms with van der Waals surface area (Å²) in [6, 6.07) is 0. The lowest BCUT2D eigenvalue weighted by atomic mass is 9.99. The molecule has 3 N–H and O–H groups in total. The monoisotopic (exact) mass is 1490 g/mol. The zero-order valence-electron chi connectivity index (χ0n) is 67.2. The van der Waals surface area contributed by atoms with Crippen LogP contribution in [0.15, 0.2) is 0 Å². The van der Waals surface area contributed by atoms with Crippen molar-refractivity contribution in [3.8, 4) is 0 Å². The highest BCUT2D eigenvalue weighted by atomic mass is 31.2. The Morgan fingerprint density at radius 2 is 0.441 bits per heavy atom. The zero-order chi connectivity index (χ0) is 75.3. The van der Waals surface area contributed by atoms with E-state index in [-0.39, 0.29) is 25.7 Å². The van der Waals surface area contributed by atoms with Crippen LogP contribution in [-0.4, -0.2) is 96.7 Å². The van der Waals surface area contributed by atoms with Crippen molar-refractivity contribution >= 4 is 39.5 Å². The molecule has 0 saturated carbocycles. The Labute approximate surface area is 626 Å². The highest BCUT2D eigenvalue weighted by Crippen LogP contribution is 2.45. The van der Waals surface area contributed by atoms with Gasteiger partial charge in [-0.3, -0.25) is 37.3 Å². The molecular formula is C83H162O17P2. The van der Waals surface area contributed by atoms with E-state index in [1.54, 1.807) is 0 Å². The fraction of sp³-hybridized carbons (Fsp3) is 0.952. The number of ether oxygens (including phenoxy) is 4. The van der Waals surface area contributed by atoms with E-state index < -0.39 is 97.5 Å². The normalized spacial score (nSPS) is 15.0. The van der Waals surface area contributed by atoms with Crippen LogP contribution in [0.3, 0.4) is 0 Å². The molecule has 0 aliphatic carbocycles. The van der Waals surface area contributed by atoms with E-state index in [0.717, 1.165) is 114 Å². The molecule has 102 heavy (non-hydrogen) atoms. The standard InChI is InChI=1S/C83H162O17P2/c1-9-73(5)59-51-43-35-27-21-17-13-15-19-23-30-39-47-55-63-80(85)93-69-78(99-82(87)65-57-49-41-31-24-20-16-14-18-22-28-36-44-52-60-74(6)10-2)71-97-101(89,90)95-67-77(84)68-96-102(91,92)98-72-79(70-94-81(86)64-56-48-40-34-33-38-46-54-62-76(8)12-4)100-83(88)66-58-50-42-32-26-25-29-37-45-53-61-75(7)11-3/h73-79,84H,9-72H2,1-8H3,(H,89,90)(H,91,92)/t73?,74?,75?,76?,77-,78-,79-/m1/s1. The number of hydrogen-bond acceptors (Lipinski definition) is 15. The lowest BCUT2D eigenvalue weighted by molar-refractivity contribution is -0.161. The summed E-state index contributed by atoms with van der Waals surface area (Å²) in [6.07, 6.45) is 59.3. The van der Waals surface area contributed by atoms with Gasteiger partial charge in [0, 0.05) is 25.7 Å². The topological polar surface area (TPSA) is 237 Å². The third-order valence-electron chi connectivity index (χ3n) is 20.8. The SMILES string of the molecule is CCC(C)CCCCCCCCCCCCCCCCC(=O)OC[C@H](COP(=O)(O)OC[C@@H](O)COP(=O)(O)OC[C@@H](COC(=O)CCCCCCCCCCC(C)CC)OC(=O)CCCCCCCCCCCCC(C)CC)OC(=O)CCCCCCCCCCCCCCCCC(C)CC. The first-order valence-corrected chi connectivity index (χ1v) is 45.8. The molecule has 9 atom stereocenters. The largest absolute Gasteiger partial charge is 0.472 e. The lowest BCUT2D eigenvalue weighted by Crippen LogP contribution is -2.30. The predicted molar refractivity (Wildman–Crippen MR) is 418 cm³/mol. The summed E-state index contributed by atoms with van der Waals surface area (Å²) < 4.78 is 68.8. The van der Waals surface area contributed by atoms with Crippen LogP contribution in [-0.2, 0) is 65.4 Å². The predicted octanol–water partition coefficient (Wildman–Crippen LogP) is 24.8. The van der Waals surface area contributed by atoms with Crippen molar-refractivity contribution in [1.82, 2.24) is 0 Å². The maximum absolute atomic E-state index is 13.1. The van der Waals surface area contributed by atoms with Crippen molar-refractivity contribution in [1.29, 1.82) is 0 Å². The van der Waals surface area contributed by atoms with Crippen molar-refractivity contribution < 1.29 is 80.2 Å². The Balaban J connectivity index is 5.28. The van der Waals surface area contributed by atoms with Gasteiger partial charge in [-0.25, -0.2) is 9.13 Å². The van der Waals surface area contributed by atoms with Gasteiger partial charge in [-0.15, -0.1) is 0 Å². The summed E-state index contributed by atoms with van der Waals surface area (Å²) in [6.45, 7) is 14.4.